The highest BCUT2D eigenvalue weighted by molar-refractivity contribution is 5.93. The van der Waals surface area contributed by atoms with Gasteiger partial charge in [-0.05, 0) is 42.3 Å². The smallest absolute Gasteiger partial charge is 0.265 e. The lowest BCUT2D eigenvalue weighted by Gasteiger charge is -2.08. The molecule has 2 aromatic carbocycles. The Kier molecular flexibility index (Phi) is 4.39. The molecular formula is C18H18N4O2. The third-order valence-corrected chi connectivity index (χ3v) is 3.79. The van der Waals surface area contributed by atoms with Crippen LogP contribution in [0.5, 0.6) is 5.75 Å². The molecule has 0 unspecified atom stereocenters. The van der Waals surface area contributed by atoms with Crippen molar-refractivity contribution in [3.8, 4) is 5.75 Å². The van der Waals surface area contributed by atoms with Crippen molar-refractivity contribution in [1.82, 2.24) is 15.4 Å². The van der Waals surface area contributed by atoms with Crippen molar-refractivity contribution in [3.63, 3.8) is 0 Å². The SMILES string of the molecule is COc1cc(C)cc2nc(Cc3ccc(C(=O)NN)cc3)ncc12. The summed E-state index contributed by atoms with van der Waals surface area (Å²) in [6.07, 6.45) is 2.36. The summed E-state index contributed by atoms with van der Waals surface area (Å²) in [5.74, 6) is 6.30. The third-order valence-electron chi connectivity index (χ3n) is 3.79. The highest BCUT2D eigenvalue weighted by Crippen LogP contribution is 2.25. The Morgan fingerprint density at radius 1 is 1.25 bits per heavy atom. The van der Waals surface area contributed by atoms with Crippen LogP contribution in [0.4, 0.5) is 0 Å². The zero-order valence-electron chi connectivity index (χ0n) is 13.5. The molecule has 0 spiro atoms. The Balaban J connectivity index is 1.89. The molecule has 6 nitrogen and oxygen atoms in total. The fraction of sp³-hybridized carbons (Fsp3) is 0.167. The average Bonchev–Trinajstić information content (AvgIpc) is 2.60. The van der Waals surface area contributed by atoms with Gasteiger partial charge in [0.05, 0.1) is 18.0 Å². The van der Waals surface area contributed by atoms with Gasteiger partial charge >= 0.3 is 0 Å². The number of benzene rings is 2. The Hall–Kier alpha value is -2.99. The number of nitrogens with one attached hydrogen (secondary N) is 1. The minimum Gasteiger partial charge on any atom is -0.496 e. The van der Waals surface area contributed by atoms with Crippen LogP contribution in [-0.2, 0) is 6.42 Å². The molecular weight excluding hydrogens is 304 g/mol. The average molecular weight is 322 g/mol. The fourth-order valence-corrected chi connectivity index (χ4v) is 2.57. The van der Waals surface area contributed by atoms with Crippen LogP contribution in [0.15, 0.2) is 42.6 Å². The van der Waals surface area contributed by atoms with Gasteiger partial charge in [0.1, 0.15) is 11.6 Å². The number of hydrogen-bond donors (Lipinski definition) is 2. The van der Waals surface area contributed by atoms with Crippen molar-refractivity contribution in [2.75, 3.05) is 7.11 Å². The summed E-state index contributed by atoms with van der Waals surface area (Å²) < 4.78 is 5.38. The van der Waals surface area contributed by atoms with Crippen molar-refractivity contribution in [3.05, 3.63) is 65.1 Å². The molecule has 0 saturated carbocycles. The van der Waals surface area contributed by atoms with E-state index >= 15 is 0 Å². The number of hydrazine groups is 1. The zero-order chi connectivity index (χ0) is 17.1. The number of aromatic nitrogens is 2. The summed E-state index contributed by atoms with van der Waals surface area (Å²) >= 11 is 0. The number of rotatable bonds is 4. The Morgan fingerprint density at radius 3 is 2.67 bits per heavy atom. The molecule has 3 rings (SSSR count). The third kappa shape index (κ3) is 3.18. The van der Waals surface area contributed by atoms with Gasteiger partial charge in [-0.25, -0.2) is 15.8 Å². The number of carbonyl (C=O) groups excluding carboxylic acids is 1. The maximum Gasteiger partial charge on any atom is 0.265 e. The second-order valence-electron chi connectivity index (χ2n) is 5.53. The Labute approximate surface area is 139 Å². The Bertz CT molecular complexity index is 891. The quantitative estimate of drug-likeness (QED) is 0.436. The number of nitrogen functional groups attached to an aromatic ring is 1. The van der Waals surface area contributed by atoms with Gasteiger partial charge < -0.3 is 4.74 Å². The van der Waals surface area contributed by atoms with Crippen molar-refractivity contribution < 1.29 is 9.53 Å². The van der Waals surface area contributed by atoms with Crippen molar-refractivity contribution in [2.24, 2.45) is 5.84 Å². The molecule has 1 amide bonds. The molecule has 0 bridgehead atoms. The van der Waals surface area contributed by atoms with Crippen molar-refractivity contribution in [1.29, 1.82) is 0 Å². The van der Waals surface area contributed by atoms with Gasteiger partial charge in [-0.15, -0.1) is 0 Å². The minimum atomic E-state index is -0.314. The number of hydrogen-bond acceptors (Lipinski definition) is 5. The fourth-order valence-electron chi connectivity index (χ4n) is 2.57. The molecule has 0 aliphatic rings. The van der Waals surface area contributed by atoms with Gasteiger partial charge in [0, 0.05) is 18.2 Å². The van der Waals surface area contributed by atoms with E-state index in [1.165, 1.54) is 0 Å². The van der Waals surface area contributed by atoms with E-state index in [2.05, 4.69) is 15.4 Å². The number of carbonyl (C=O) groups is 1. The van der Waals surface area contributed by atoms with E-state index in [0.717, 1.165) is 27.8 Å². The van der Waals surface area contributed by atoms with Gasteiger partial charge in [-0.2, -0.15) is 0 Å². The van der Waals surface area contributed by atoms with Crippen LogP contribution in [0.25, 0.3) is 10.9 Å². The second-order valence-corrected chi connectivity index (χ2v) is 5.53. The van der Waals surface area contributed by atoms with Gasteiger partial charge in [0.15, 0.2) is 0 Å². The van der Waals surface area contributed by atoms with E-state index in [9.17, 15) is 4.79 Å². The summed E-state index contributed by atoms with van der Waals surface area (Å²) in [6.45, 7) is 2.00. The maximum atomic E-state index is 11.4. The summed E-state index contributed by atoms with van der Waals surface area (Å²) in [7, 11) is 1.64. The molecule has 0 atom stereocenters. The molecule has 3 aromatic rings. The largest absolute Gasteiger partial charge is 0.496 e. The lowest BCUT2D eigenvalue weighted by atomic mass is 10.1. The first-order valence-corrected chi connectivity index (χ1v) is 7.51. The van der Waals surface area contributed by atoms with Crippen LogP contribution in [0.2, 0.25) is 0 Å². The summed E-state index contributed by atoms with van der Waals surface area (Å²) in [6, 6.07) is 11.2. The van der Waals surface area contributed by atoms with Gasteiger partial charge in [0.2, 0.25) is 0 Å². The minimum absolute atomic E-state index is 0.314. The predicted octanol–water partition coefficient (Wildman–Crippen LogP) is 2.14. The molecule has 122 valence electrons. The number of ether oxygens (including phenoxy) is 1. The summed E-state index contributed by atoms with van der Waals surface area (Å²) in [5.41, 5.74) is 5.58. The van der Waals surface area contributed by atoms with E-state index < -0.39 is 0 Å². The molecule has 0 radical (unpaired) electrons. The number of nitrogens with zero attached hydrogens (tertiary/aromatic N) is 2. The maximum absolute atomic E-state index is 11.4. The number of nitrogens with two attached hydrogens (primary N) is 1. The Morgan fingerprint density at radius 2 is 2.00 bits per heavy atom. The number of amides is 1. The molecule has 1 heterocycles. The van der Waals surface area contributed by atoms with Crippen LogP contribution < -0.4 is 16.0 Å². The first-order valence-electron chi connectivity index (χ1n) is 7.51. The van der Waals surface area contributed by atoms with Crippen LogP contribution in [-0.4, -0.2) is 23.0 Å². The van der Waals surface area contributed by atoms with Crippen LogP contribution in [0, 0.1) is 6.92 Å². The molecule has 1 aromatic heterocycles. The van der Waals surface area contributed by atoms with E-state index in [-0.39, 0.29) is 5.91 Å². The highest BCUT2D eigenvalue weighted by atomic mass is 16.5. The van der Waals surface area contributed by atoms with E-state index in [1.807, 2.05) is 31.2 Å². The standard InChI is InChI=1S/C18H18N4O2/c1-11-7-15-14(16(8-11)24-2)10-20-17(21-15)9-12-3-5-13(6-4-12)18(23)22-19/h3-8,10H,9,19H2,1-2H3,(H,22,23). The van der Waals surface area contributed by atoms with Gasteiger partial charge in [0.25, 0.3) is 5.91 Å². The molecule has 0 aliphatic heterocycles. The number of fused-ring (bicyclic) bond motifs is 1. The number of aryl methyl sites for hydroxylation is 1. The van der Waals surface area contributed by atoms with Crippen LogP contribution in [0.3, 0.4) is 0 Å². The highest BCUT2D eigenvalue weighted by Gasteiger charge is 2.08. The second kappa shape index (κ2) is 6.64. The summed E-state index contributed by atoms with van der Waals surface area (Å²) in [4.78, 5) is 20.5. The predicted molar refractivity (Wildman–Crippen MR) is 91.7 cm³/mol. The van der Waals surface area contributed by atoms with Crippen molar-refractivity contribution >= 4 is 16.8 Å². The normalized spacial score (nSPS) is 10.6. The van der Waals surface area contributed by atoms with Crippen LogP contribution in [0.1, 0.15) is 27.3 Å². The van der Waals surface area contributed by atoms with E-state index in [0.29, 0.717) is 17.8 Å². The van der Waals surface area contributed by atoms with Gasteiger partial charge in [-0.1, -0.05) is 12.1 Å². The van der Waals surface area contributed by atoms with E-state index in [4.69, 9.17) is 10.6 Å². The lowest BCUT2D eigenvalue weighted by Crippen LogP contribution is -2.29. The first-order chi connectivity index (χ1) is 11.6. The molecule has 24 heavy (non-hydrogen) atoms. The monoisotopic (exact) mass is 322 g/mol. The topological polar surface area (TPSA) is 90.1 Å². The molecule has 0 saturated heterocycles. The first kappa shape index (κ1) is 15.9. The number of methoxy groups -OCH3 is 1. The lowest BCUT2D eigenvalue weighted by molar-refractivity contribution is 0.0953. The zero-order valence-corrected chi connectivity index (χ0v) is 13.5. The summed E-state index contributed by atoms with van der Waals surface area (Å²) in [5, 5.41) is 0.891. The molecule has 0 fully saturated rings. The van der Waals surface area contributed by atoms with Gasteiger partial charge in [-0.3, -0.25) is 10.2 Å². The molecule has 6 heteroatoms. The molecule has 3 N–H and O–H groups in total. The van der Waals surface area contributed by atoms with Crippen LogP contribution >= 0.6 is 0 Å². The molecule has 0 aliphatic carbocycles. The van der Waals surface area contributed by atoms with E-state index in [1.54, 1.807) is 25.4 Å². The van der Waals surface area contributed by atoms with Crippen molar-refractivity contribution in [2.45, 2.75) is 13.3 Å².